The Morgan fingerprint density at radius 2 is 1.83 bits per heavy atom. The lowest BCUT2D eigenvalue weighted by Gasteiger charge is -2.10. The molecule has 3 aromatic carbocycles. The van der Waals surface area contributed by atoms with Gasteiger partial charge in [-0.3, -0.25) is 4.79 Å². The first-order chi connectivity index (χ1) is 14.1. The van der Waals surface area contributed by atoms with Crippen molar-refractivity contribution in [1.82, 2.24) is 4.98 Å². The monoisotopic (exact) mass is 386 g/mol. The van der Waals surface area contributed by atoms with E-state index in [0.717, 1.165) is 39.2 Å². The quantitative estimate of drug-likeness (QED) is 0.503. The molecule has 0 unspecified atom stereocenters. The van der Waals surface area contributed by atoms with Crippen molar-refractivity contribution < 1.29 is 13.9 Å². The van der Waals surface area contributed by atoms with Crippen LogP contribution in [0.25, 0.3) is 11.1 Å². The molecule has 29 heavy (non-hydrogen) atoms. The van der Waals surface area contributed by atoms with Crippen LogP contribution < -0.4 is 10.1 Å². The molecule has 0 saturated carbocycles. The Labute approximate surface area is 169 Å². The van der Waals surface area contributed by atoms with E-state index in [4.69, 9.17) is 9.15 Å². The van der Waals surface area contributed by atoms with Gasteiger partial charge in [-0.1, -0.05) is 42.0 Å². The lowest BCUT2D eigenvalue weighted by atomic mass is 10.1. The summed E-state index contributed by atoms with van der Waals surface area (Å²) in [6.07, 6.45) is 0.596. The molecule has 0 bridgehead atoms. The molecule has 1 aromatic heterocycles. The second-order valence-electron chi connectivity index (χ2n) is 7.05. The number of aromatic nitrogens is 1. The molecule has 0 aliphatic carbocycles. The van der Waals surface area contributed by atoms with Crippen molar-refractivity contribution in [2.75, 3.05) is 11.9 Å². The number of para-hydroxylation sites is 2. The van der Waals surface area contributed by atoms with Crippen LogP contribution in [-0.4, -0.2) is 17.5 Å². The van der Waals surface area contributed by atoms with E-state index >= 15 is 0 Å². The fraction of sp³-hybridized carbons (Fsp3) is 0.167. The van der Waals surface area contributed by atoms with Gasteiger partial charge in [0, 0.05) is 12.1 Å². The van der Waals surface area contributed by atoms with E-state index < -0.39 is 0 Å². The van der Waals surface area contributed by atoms with Crippen LogP contribution in [0.4, 0.5) is 5.69 Å². The molecule has 4 aromatic rings. The molecule has 4 rings (SSSR count). The molecule has 5 heteroatoms. The predicted octanol–water partition coefficient (Wildman–Crippen LogP) is 5.05. The van der Waals surface area contributed by atoms with Gasteiger partial charge in [-0.2, -0.15) is 0 Å². The Bertz CT molecular complexity index is 1110. The second kappa shape index (κ2) is 8.19. The van der Waals surface area contributed by atoms with E-state index in [0.29, 0.717) is 12.3 Å². The van der Waals surface area contributed by atoms with Crippen molar-refractivity contribution in [1.29, 1.82) is 0 Å². The Morgan fingerprint density at radius 1 is 1.03 bits per heavy atom. The molecule has 0 aliphatic heterocycles. The van der Waals surface area contributed by atoms with Crippen LogP contribution in [0, 0.1) is 13.8 Å². The first-order valence-electron chi connectivity index (χ1n) is 9.50. The van der Waals surface area contributed by atoms with Crippen LogP contribution in [0.1, 0.15) is 22.6 Å². The van der Waals surface area contributed by atoms with E-state index in [9.17, 15) is 4.79 Å². The molecule has 1 heterocycles. The standard InChI is InChI=1S/C24H22N2O3/c1-16-7-12-21(17(2)13-16)28-15-23(27)25-19-10-8-18(9-11-19)14-24-26-20-5-3-4-6-22(20)29-24/h3-13H,14-15H2,1-2H3,(H,25,27). The van der Waals surface area contributed by atoms with Crippen LogP contribution in [0.2, 0.25) is 0 Å². The number of benzene rings is 3. The summed E-state index contributed by atoms with van der Waals surface area (Å²) in [4.78, 5) is 16.7. The number of anilines is 1. The summed E-state index contributed by atoms with van der Waals surface area (Å²) in [7, 11) is 0. The van der Waals surface area contributed by atoms with Crippen molar-refractivity contribution in [3.8, 4) is 5.75 Å². The summed E-state index contributed by atoms with van der Waals surface area (Å²) in [5.74, 6) is 1.20. The largest absolute Gasteiger partial charge is 0.483 e. The van der Waals surface area contributed by atoms with E-state index in [1.807, 2.05) is 80.6 Å². The molecular formula is C24H22N2O3. The summed E-state index contributed by atoms with van der Waals surface area (Å²) in [5.41, 5.74) is 5.60. The maximum atomic E-state index is 12.2. The number of ether oxygens (including phenoxy) is 1. The highest BCUT2D eigenvalue weighted by molar-refractivity contribution is 5.91. The van der Waals surface area contributed by atoms with Crippen LogP contribution in [0.15, 0.2) is 71.1 Å². The lowest BCUT2D eigenvalue weighted by Crippen LogP contribution is -2.20. The van der Waals surface area contributed by atoms with Gasteiger partial charge in [-0.25, -0.2) is 4.98 Å². The molecule has 0 saturated heterocycles. The predicted molar refractivity (Wildman–Crippen MR) is 113 cm³/mol. The second-order valence-corrected chi connectivity index (χ2v) is 7.05. The highest BCUT2D eigenvalue weighted by Gasteiger charge is 2.08. The molecule has 0 atom stereocenters. The van der Waals surface area contributed by atoms with Gasteiger partial charge >= 0.3 is 0 Å². The maximum Gasteiger partial charge on any atom is 0.262 e. The van der Waals surface area contributed by atoms with Gasteiger partial charge in [-0.05, 0) is 55.3 Å². The van der Waals surface area contributed by atoms with E-state index in [1.54, 1.807) is 0 Å². The van der Waals surface area contributed by atoms with Gasteiger partial charge in [0.05, 0.1) is 0 Å². The van der Waals surface area contributed by atoms with Gasteiger partial charge in [0.15, 0.2) is 18.1 Å². The fourth-order valence-corrected chi connectivity index (χ4v) is 3.18. The van der Waals surface area contributed by atoms with Gasteiger partial charge in [0.25, 0.3) is 5.91 Å². The molecule has 5 nitrogen and oxygen atoms in total. The Balaban J connectivity index is 1.33. The zero-order valence-corrected chi connectivity index (χ0v) is 16.4. The lowest BCUT2D eigenvalue weighted by molar-refractivity contribution is -0.118. The third-order valence-electron chi connectivity index (χ3n) is 4.62. The van der Waals surface area contributed by atoms with Crippen LogP contribution in [-0.2, 0) is 11.2 Å². The average Bonchev–Trinajstić information content (AvgIpc) is 3.11. The van der Waals surface area contributed by atoms with Crippen molar-refractivity contribution in [2.24, 2.45) is 0 Å². The minimum absolute atomic E-state index is 0.0332. The number of nitrogens with zero attached hydrogens (tertiary/aromatic N) is 1. The Hall–Kier alpha value is -3.60. The zero-order valence-electron chi connectivity index (χ0n) is 16.4. The number of carbonyl (C=O) groups is 1. The third-order valence-corrected chi connectivity index (χ3v) is 4.62. The molecule has 1 N–H and O–H groups in total. The number of rotatable bonds is 6. The normalized spacial score (nSPS) is 10.8. The number of nitrogens with one attached hydrogen (secondary N) is 1. The van der Waals surface area contributed by atoms with Gasteiger partial charge in [-0.15, -0.1) is 0 Å². The zero-order chi connectivity index (χ0) is 20.2. The van der Waals surface area contributed by atoms with Crippen molar-refractivity contribution in [3.05, 3.63) is 89.3 Å². The van der Waals surface area contributed by atoms with Gasteiger partial charge in [0.2, 0.25) is 0 Å². The van der Waals surface area contributed by atoms with E-state index in [1.165, 1.54) is 0 Å². The van der Waals surface area contributed by atoms with Crippen LogP contribution in [0.5, 0.6) is 5.75 Å². The summed E-state index contributed by atoms with van der Waals surface area (Å²) in [6.45, 7) is 3.96. The fourth-order valence-electron chi connectivity index (χ4n) is 3.18. The van der Waals surface area contributed by atoms with Crippen LogP contribution in [0.3, 0.4) is 0 Å². The smallest absolute Gasteiger partial charge is 0.262 e. The molecule has 0 radical (unpaired) electrons. The molecule has 146 valence electrons. The van der Waals surface area contributed by atoms with Gasteiger partial charge in [0.1, 0.15) is 11.3 Å². The molecular weight excluding hydrogens is 364 g/mol. The summed E-state index contributed by atoms with van der Waals surface area (Å²) < 4.78 is 11.4. The topological polar surface area (TPSA) is 64.4 Å². The molecule has 1 amide bonds. The number of carbonyl (C=O) groups excluding carboxylic acids is 1. The van der Waals surface area contributed by atoms with Crippen molar-refractivity contribution in [2.45, 2.75) is 20.3 Å². The Morgan fingerprint density at radius 3 is 2.59 bits per heavy atom. The number of aryl methyl sites for hydroxylation is 2. The number of amides is 1. The third kappa shape index (κ3) is 4.63. The highest BCUT2D eigenvalue weighted by Crippen LogP contribution is 2.20. The van der Waals surface area contributed by atoms with Crippen molar-refractivity contribution in [3.63, 3.8) is 0 Å². The highest BCUT2D eigenvalue weighted by atomic mass is 16.5. The number of fused-ring (bicyclic) bond motifs is 1. The number of hydrogen-bond donors (Lipinski definition) is 1. The summed E-state index contributed by atoms with van der Waals surface area (Å²) in [5, 5.41) is 2.85. The summed E-state index contributed by atoms with van der Waals surface area (Å²) >= 11 is 0. The average molecular weight is 386 g/mol. The number of oxazole rings is 1. The Kier molecular flexibility index (Phi) is 5.29. The maximum absolute atomic E-state index is 12.2. The van der Waals surface area contributed by atoms with Crippen LogP contribution >= 0.6 is 0 Å². The SMILES string of the molecule is Cc1ccc(OCC(=O)Nc2ccc(Cc3nc4ccccc4o3)cc2)c(C)c1. The molecule has 0 spiro atoms. The first kappa shape index (κ1) is 18.7. The molecule has 0 fully saturated rings. The first-order valence-corrected chi connectivity index (χ1v) is 9.50. The molecule has 0 aliphatic rings. The van der Waals surface area contributed by atoms with E-state index in [2.05, 4.69) is 10.3 Å². The van der Waals surface area contributed by atoms with Crippen molar-refractivity contribution >= 4 is 22.7 Å². The minimum atomic E-state index is -0.198. The minimum Gasteiger partial charge on any atom is -0.483 e. The van der Waals surface area contributed by atoms with Gasteiger partial charge < -0.3 is 14.5 Å². The van der Waals surface area contributed by atoms with E-state index in [-0.39, 0.29) is 12.5 Å². The summed E-state index contributed by atoms with van der Waals surface area (Å²) in [6, 6.07) is 21.2. The number of hydrogen-bond acceptors (Lipinski definition) is 4.